The van der Waals surface area contributed by atoms with Gasteiger partial charge in [-0.15, -0.1) is 6.58 Å². The first kappa shape index (κ1) is 13.8. The van der Waals surface area contributed by atoms with Crippen LogP contribution in [0, 0.1) is 0 Å². The Morgan fingerprint density at radius 1 is 1.37 bits per heavy atom. The van der Waals surface area contributed by atoms with Crippen LogP contribution in [0.5, 0.6) is 0 Å². The maximum absolute atomic E-state index is 12.8. The van der Waals surface area contributed by atoms with Crippen LogP contribution in [0.25, 0.3) is 0 Å². The predicted molar refractivity (Wildman–Crippen MR) is 75.8 cm³/mol. The van der Waals surface area contributed by atoms with E-state index in [4.69, 9.17) is 5.11 Å². The van der Waals surface area contributed by atoms with Crippen molar-refractivity contribution < 1.29 is 9.90 Å². The molecule has 0 bridgehead atoms. The number of amides is 1. The van der Waals surface area contributed by atoms with E-state index in [1.165, 1.54) is 0 Å². The van der Waals surface area contributed by atoms with E-state index in [1.807, 2.05) is 30.3 Å². The molecule has 0 unspecified atom stereocenters. The van der Waals surface area contributed by atoms with E-state index < -0.39 is 0 Å². The number of hydrogen-bond donors (Lipinski definition) is 1. The van der Waals surface area contributed by atoms with Crippen molar-refractivity contribution in [1.82, 2.24) is 4.90 Å². The van der Waals surface area contributed by atoms with Crippen LogP contribution in [0.1, 0.15) is 24.8 Å². The molecular weight excluding hydrogens is 238 g/mol. The molecule has 1 aromatic carbocycles. The zero-order valence-corrected chi connectivity index (χ0v) is 11.2. The Kier molecular flexibility index (Phi) is 4.38. The highest BCUT2D eigenvalue weighted by atomic mass is 16.3. The molecule has 3 heteroatoms. The van der Waals surface area contributed by atoms with Crippen molar-refractivity contribution in [2.45, 2.75) is 24.7 Å². The Morgan fingerprint density at radius 2 is 2.05 bits per heavy atom. The van der Waals surface area contributed by atoms with E-state index in [1.54, 1.807) is 11.0 Å². The van der Waals surface area contributed by atoms with Crippen LogP contribution in [-0.4, -0.2) is 35.6 Å². The van der Waals surface area contributed by atoms with Crippen molar-refractivity contribution in [2.75, 3.05) is 19.7 Å². The van der Waals surface area contributed by atoms with Gasteiger partial charge in [-0.3, -0.25) is 4.79 Å². The van der Waals surface area contributed by atoms with Crippen molar-refractivity contribution in [1.29, 1.82) is 0 Å². The van der Waals surface area contributed by atoms with Crippen LogP contribution in [0.4, 0.5) is 0 Å². The summed E-state index contributed by atoms with van der Waals surface area (Å²) < 4.78 is 0. The van der Waals surface area contributed by atoms with E-state index in [9.17, 15) is 4.79 Å². The molecule has 0 aromatic heterocycles. The summed E-state index contributed by atoms with van der Waals surface area (Å²) in [5, 5.41) is 9.11. The van der Waals surface area contributed by atoms with Gasteiger partial charge in [0.2, 0.25) is 5.91 Å². The average Bonchev–Trinajstić information content (AvgIpc) is 2.38. The first-order valence-electron chi connectivity index (χ1n) is 6.81. The van der Waals surface area contributed by atoms with Crippen LogP contribution in [0.3, 0.4) is 0 Å². The monoisotopic (exact) mass is 259 g/mol. The van der Waals surface area contributed by atoms with Gasteiger partial charge in [-0.05, 0) is 18.4 Å². The van der Waals surface area contributed by atoms with Crippen LogP contribution >= 0.6 is 0 Å². The van der Waals surface area contributed by atoms with Gasteiger partial charge in [0.05, 0.1) is 12.0 Å². The van der Waals surface area contributed by atoms with Gasteiger partial charge in [-0.2, -0.15) is 0 Å². The molecule has 1 N–H and O–H groups in total. The number of aliphatic hydroxyl groups excluding tert-OH is 1. The summed E-state index contributed by atoms with van der Waals surface area (Å²) in [6.07, 6.45) is 4.59. The molecule has 1 fully saturated rings. The topological polar surface area (TPSA) is 40.5 Å². The lowest BCUT2D eigenvalue weighted by atomic mass is 9.63. The minimum absolute atomic E-state index is 0.00947. The summed E-state index contributed by atoms with van der Waals surface area (Å²) in [5.41, 5.74) is 0.720. The zero-order valence-electron chi connectivity index (χ0n) is 11.2. The van der Waals surface area contributed by atoms with E-state index >= 15 is 0 Å². The summed E-state index contributed by atoms with van der Waals surface area (Å²) in [6, 6.07) is 9.99. The van der Waals surface area contributed by atoms with Crippen LogP contribution < -0.4 is 0 Å². The van der Waals surface area contributed by atoms with E-state index in [2.05, 4.69) is 6.58 Å². The molecule has 1 amide bonds. The molecule has 0 radical (unpaired) electrons. The van der Waals surface area contributed by atoms with Gasteiger partial charge in [0.1, 0.15) is 0 Å². The molecule has 1 saturated carbocycles. The number of hydrogen-bond acceptors (Lipinski definition) is 2. The van der Waals surface area contributed by atoms with Crippen molar-refractivity contribution in [2.24, 2.45) is 0 Å². The molecule has 0 spiro atoms. The van der Waals surface area contributed by atoms with Gasteiger partial charge in [-0.25, -0.2) is 0 Å². The molecule has 1 aliphatic rings. The SMILES string of the molecule is C=CCN(CCO)C(=O)C1(c2ccccc2)CCC1. The van der Waals surface area contributed by atoms with E-state index in [-0.39, 0.29) is 17.9 Å². The number of benzene rings is 1. The highest BCUT2D eigenvalue weighted by Gasteiger charge is 2.47. The standard InChI is InChI=1S/C16H21NO2/c1-2-11-17(12-13-18)15(19)16(9-6-10-16)14-7-4-3-5-8-14/h2-5,7-8,18H,1,6,9-13H2. The number of rotatable bonds is 6. The highest BCUT2D eigenvalue weighted by molar-refractivity contribution is 5.89. The maximum atomic E-state index is 12.8. The fourth-order valence-electron chi connectivity index (χ4n) is 2.77. The van der Waals surface area contributed by atoms with Gasteiger partial charge < -0.3 is 10.0 Å². The Balaban J connectivity index is 2.25. The smallest absolute Gasteiger partial charge is 0.233 e. The molecular formula is C16H21NO2. The molecule has 3 nitrogen and oxygen atoms in total. The third kappa shape index (κ3) is 2.56. The Morgan fingerprint density at radius 3 is 2.53 bits per heavy atom. The Bertz CT molecular complexity index is 437. The van der Waals surface area contributed by atoms with Crippen molar-refractivity contribution >= 4 is 5.91 Å². The largest absolute Gasteiger partial charge is 0.395 e. The van der Waals surface area contributed by atoms with Gasteiger partial charge in [-0.1, -0.05) is 42.8 Å². The van der Waals surface area contributed by atoms with Crippen LogP contribution in [0.15, 0.2) is 43.0 Å². The zero-order chi connectivity index (χ0) is 13.7. The van der Waals surface area contributed by atoms with E-state index in [0.717, 1.165) is 24.8 Å². The number of aliphatic hydroxyl groups is 1. The second-order valence-electron chi connectivity index (χ2n) is 5.07. The van der Waals surface area contributed by atoms with Crippen molar-refractivity contribution in [3.8, 4) is 0 Å². The summed E-state index contributed by atoms with van der Waals surface area (Å²) in [5.74, 6) is 0.124. The minimum Gasteiger partial charge on any atom is -0.395 e. The number of nitrogens with zero attached hydrogens (tertiary/aromatic N) is 1. The molecule has 0 heterocycles. The first-order valence-corrected chi connectivity index (χ1v) is 6.81. The van der Waals surface area contributed by atoms with Crippen LogP contribution in [0.2, 0.25) is 0 Å². The van der Waals surface area contributed by atoms with Gasteiger partial charge in [0, 0.05) is 13.1 Å². The first-order chi connectivity index (χ1) is 9.24. The van der Waals surface area contributed by atoms with Crippen molar-refractivity contribution in [3.05, 3.63) is 48.6 Å². The summed E-state index contributed by atoms with van der Waals surface area (Å²) >= 11 is 0. The number of carbonyl (C=O) groups excluding carboxylic acids is 1. The lowest BCUT2D eigenvalue weighted by Crippen LogP contribution is -2.51. The Hall–Kier alpha value is -1.61. The predicted octanol–water partition coefficient (Wildman–Crippen LogP) is 2.12. The fourth-order valence-corrected chi connectivity index (χ4v) is 2.77. The lowest BCUT2D eigenvalue weighted by molar-refractivity contribution is -0.140. The molecule has 1 aromatic rings. The minimum atomic E-state index is -0.376. The molecule has 2 rings (SSSR count). The second kappa shape index (κ2) is 6.02. The van der Waals surface area contributed by atoms with Crippen molar-refractivity contribution in [3.63, 3.8) is 0 Å². The van der Waals surface area contributed by atoms with Gasteiger partial charge in [0.25, 0.3) is 0 Å². The summed E-state index contributed by atoms with van der Waals surface area (Å²) in [6.45, 7) is 4.55. The normalized spacial score (nSPS) is 16.5. The molecule has 19 heavy (non-hydrogen) atoms. The highest BCUT2D eigenvalue weighted by Crippen LogP contribution is 2.45. The van der Waals surface area contributed by atoms with Gasteiger partial charge in [0.15, 0.2) is 0 Å². The summed E-state index contributed by atoms with van der Waals surface area (Å²) in [7, 11) is 0. The Labute approximate surface area is 114 Å². The molecule has 0 saturated heterocycles. The maximum Gasteiger partial charge on any atom is 0.233 e. The van der Waals surface area contributed by atoms with Crippen LogP contribution in [-0.2, 0) is 10.2 Å². The van der Waals surface area contributed by atoms with E-state index in [0.29, 0.717) is 13.1 Å². The number of carbonyl (C=O) groups is 1. The fraction of sp³-hybridized carbons (Fsp3) is 0.438. The third-order valence-corrected chi connectivity index (χ3v) is 3.95. The third-order valence-electron chi connectivity index (χ3n) is 3.95. The second-order valence-corrected chi connectivity index (χ2v) is 5.07. The lowest BCUT2D eigenvalue weighted by Gasteiger charge is -2.43. The molecule has 0 atom stereocenters. The molecule has 0 aliphatic heterocycles. The molecule has 1 aliphatic carbocycles. The summed E-state index contributed by atoms with van der Waals surface area (Å²) in [4.78, 5) is 14.5. The quantitative estimate of drug-likeness (QED) is 0.795. The average molecular weight is 259 g/mol. The van der Waals surface area contributed by atoms with Gasteiger partial charge >= 0.3 is 0 Å². The molecule has 102 valence electrons.